The quantitative estimate of drug-likeness (QED) is 0.704. The van der Waals surface area contributed by atoms with E-state index in [2.05, 4.69) is 30.6 Å². The highest BCUT2D eigenvalue weighted by molar-refractivity contribution is 5.69. The molecule has 3 aromatic rings. The average Bonchev–Trinajstić information content (AvgIpc) is 3.37. The maximum atomic E-state index is 10.4. The molecule has 1 aliphatic carbocycles. The summed E-state index contributed by atoms with van der Waals surface area (Å²) in [6.45, 7) is 1.97. The van der Waals surface area contributed by atoms with Gasteiger partial charge in [0.15, 0.2) is 5.82 Å². The van der Waals surface area contributed by atoms with Crippen LogP contribution >= 0.6 is 0 Å². The van der Waals surface area contributed by atoms with Gasteiger partial charge < -0.3 is 15.3 Å². The van der Waals surface area contributed by atoms with Gasteiger partial charge in [0.25, 0.3) is 0 Å². The fraction of sp³-hybridized carbons (Fsp3) is 0.400. The predicted octanol–water partition coefficient (Wildman–Crippen LogP) is 2.15. The average molecular weight is 377 g/mol. The number of rotatable bonds is 5. The van der Waals surface area contributed by atoms with Crippen LogP contribution < -0.4 is 10.2 Å². The summed E-state index contributed by atoms with van der Waals surface area (Å²) in [7, 11) is 0. The first-order chi connectivity index (χ1) is 13.8. The Bertz CT molecular complexity index is 938. The number of phenolic OH excluding ortho intramolecular Hbond substituents is 1. The highest BCUT2D eigenvalue weighted by Gasteiger charge is 2.27. The van der Waals surface area contributed by atoms with Crippen LogP contribution in [0.5, 0.6) is 5.75 Å². The van der Waals surface area contributed by atoms with Gasteiger partial charge in [-0.3, -0.25) is 4.57 Å². The Morgan fingerprint density at radius 3 is 2.50 bits per heavy atom. The summed E-state index contributed by atoms with van der Waals surface area (Å²) in [5.74, 6) is 1.04. The molecule has 5 rings (SSSR count). The van der Waals surface area contributed by atoms with Crippen LogP contribution in [0.2, 0.25) is 0 Å². The van der Waals surface area contributed by atoms with Crippen LogP contribution in [0.3, 0.4) is 0 Å². The van der Waals surface area contributed by atoms with E-state index in [1.807, 2.05) is 24.3 Å². The minimum atomic E-state index is 0.152. The van der Waals surface area contributed by atoms with Gasteiger partial charge in [-0.15, -0.1) is 20.4 Å². The maximum Gasteiger partial charge on any atom is 0.151 e. The Balaban J connectivity index is 1.29. The highest BCUT2D eigenvalue weighted by Crippen LogP contribution is 2.30. The van der Waals surface area contributed by atoms with Crippen molar-refractivity contribution in [3.8, 4) is 22.7 Å². The molecule has 28 heavy (non-hydrogen) atoms. The molecular formula is C20H23N7O. The van der Waals surface area contributed by atoms with E-state index in [4.69, 9.17) is 0 Å². The molecule has 1 aliphatic heterocycles. The number of benzene rings is 1. The smallest absolute Gasteiger partial charge is 0.151 e. The van der Waals surface area contributed by atoms with Crippen molar-refractivity contribution in [2.75, 3.05) is 18.0 Å². The fourth-order valence-electron chi connectivity index (χ4n) is 3.88. The van der Waals surface area contributed by atoms with Crippen molar-refractivity contribution < 1.29 is 5.11 Å². The van der Waals surface area contributed by atoms with E-state index >= 15 is 0 Å². The van der Waals surface area contributed by atoms with Crippen molar-refractivity contribution in [1.29, 1.82) is 0 Å². The van der Waals surface area contributed by atoms with Crippen LogP contribution in [0.4, 0.5) is 5.82 Å². The van der Waals surface area contributed by atoms with Crippen molar-refractivity contribution in [2.24, 2.45) is 0 Å². The first kappa shape index (κ1) is 17.1. The molecule has 1 atom stereocenters. The summed E-state index contributed by atoms with van der Waals surface area (Å²) in [6.07, 6.45) is 8.30. The molecule has 0 radical (unpaired) electrons. The van der Waals surface area contributed by atoms with E-state index in [0.29, 0.717) is 23.3 Å². The fourth-order valence-corrected chi connectivity index (χ4v) is 3.88. The summed E-state index contributed by atoms with van der Waals surface area (Å²) in [4.78, 5) is 2.28. The lowest BCUT2D eigenvalue weighted by Gasteiger charge is -2.29. The maximum absolute atomic E-state index is 10.4. The van der Waals surface area contributed by atoms with Crippen molar-refractivity contribution in [1.82, 2.24) is 30.3 Å². The Kier molecular flexibility index (Phi) is 4.40. The lowest BCUT2D eigenvalue weighted by atomic mass is 9.92. The molecule has 1 unspecified atom stereocenters. The first-order valence-corrected chi connectivity index (χ1v) is 9.79. The molecule has 3 heterocycles. The Morgan fingerprint density at radius 1 is 0.964 bits per heavy atom. The Hall–Kier alpha value is -3.00. The normalized spacial score (nSPS) is 19.7. The molecule has 0 spiro atoms. The van der Waals surface area contributed by atoms with E-state index < -0.39 is 0 Å². The number of anilines is 1. The molecule has 8 nitrogen and oxygen atoms in total. The number of hydrogen-bond acceptors (Lipinski definition) is 7. The van der Waals surface area contributed by atoms with Crippen molar-refractivity contribution in [3.05, 3.63) is 43.0 Å². The summed E-state index contributed by atoms with van der Waals surface area (Å²) in [5, 5.41) is 30.5. The second-order valence-electron chi connectivity index (χ2n) is 7.57. The zero-order valence-corrected chi connectivity index (χ0v) is 15.6. The minimum absolute atomic E-state index is 0.152. The molecule has 0 amide bonds. The number of aromatic nitrogens is 5. The first-order valence-electron chi connectivity index (χ1n) is 9.79. The van der Waals surface area contributed by atoms with Crippen LogP contribution in [0.25, 0.3) is 16.9 Å². The largest absolute Gasteiger partial charge is 0.507 e. The predicted molar refractivity (Wildman–Crippen MR) is 105 cm³/mol. The summed E-state index contributed by atoms with van der Waals surface area (Å²) >= 11 is 0. The summed E-state index contributed by atoms with van der Waals surface area (Å²) < 4.78 is 1.74. The van der Waals surface area contributed by atoms with E-state index in [1.165, 1.54) is 19.3 Å². The number of nitrogens with one attached hydrogen (secondary N) is 1. The third-order valence-electron chi connectivity index (χ3n) is 5.71. The van der Waals surface area contributed by atoms with E-state index in [1.54, 1.807) is 23.3 Å². The van der Waals surface area contributed by atoms with E-state index in [9.17, 15) is 5.11 Å². The number of aromatic hydroxyl groups is 1. The monoisotopic (exact) mass is 377 g/mol. The topological polar surface area (TPSA) is 92.0 Å². The molecule has 8 heteroatoms. The third-order valence-corrected chi connectivity index (χ3v) is 5.71. The Labute approximate surface area is 163 Å². The number of nitrogens with zero attached hydrogens (tertiary/aromatic N) is 6. The van der Waals surface area contributed by atoms with Gasteiger partial charge in [-0.25, -0.2) is 0 Å². The van der Waals surface area contributed by atoms with Gasteiger partial charge in [0, 0.05) is 36.8 Å². The highest BCUT2D eigenvalue weighted by atomic mass is 16.3. The van der Waals surface area contributed by atoms with Crippen molar-refractivity contribution in [2.45, 2.75) is 37.8 Å². The molecule has 2 N–H and O–H groups in total. The zero-order valence-electron chi connectivity index (χ0n) is 15.6. The van der Waals surface area contributed by atoms with Gasteiger partial charge in [0.1, 0.15) is 18.4 Å². The lowest BCUT2D eigenvalue weighted by Crippen LogP contribution is -2.43. The van der Waals surface area contributed by atoms with Gasteiger partial charge in [0.05, 0.1) is 11.4 Å². The van der Waals surface area contributed by atoms with Gasteiger partial charge in [-0.2, -0.15) is 0 Å². The molecule has 1 saturated heterocycles. The van der Waals surface area contributed by atoms with Crippen molar-refractivity contribution in [3.63, 3.8) is 0 Å². The second-order valence-corrected chi connectivity index (χ2v) is 7.57. The minimum Gasteiger partial charge on any atom is -0.507 e. The molecular weight excluding hydrogens is 354 g/mol. The molecule has 144 valence electrons. The standard InChI is InChI=1S/C20H23N7O/c28-19-10-16(27-12-21-22-13-27)4-5-17(19)18-6-7-20(25-24-18)26-9-8-15(11-26)23-14-2-1-3-14/h4-7,10,12-15,23,28H,1-3,8-9,11H2. The van der Waals surface area contributed by atoms with Crippen LogP contribution in [0.15, 0.2) is 43.0 Å². The second kappa shape index (κ2) is 7.20. The number of phenols is 1. The third kappa shape index (κ3) is 3.31. The zero-order chi connectivity index (χ0) is 18.9. The van der Waals surface area contributed by atoms with E-state index in [0.717, 1.165) is 31.0 Å². The number of hydrogen-bond donors (Lipinski definition) is 2. The van der Waals surface area contributed by atoms with Gasteiger partial charge in [-0.05, 0) is 43.5 Å². The van der Waals surface area contributed by atoms with Crippen LogP contribution in [-0.4, -0.2) is 55.2 Å². The molecule has 2 aliphatic rings. The van der Waals surface area contributed by atoms with Gasteiger partial charge >= 0.3 is 0 Å². The molecule has 2 fully saturated rings. The molecule has 1 aromatic carbocycles. The lowest BCUT2D eigenvalue weighted by molar-refractivity contribution is 0.311. The SMILES string of the molecule is Oc1cc(-n2cnnc2)ccc1-c1ccc(N2CCC(NC3CCC3)C2)nn1. The van der Waals surface area contributed by atoms with Gasteiger partial charge in [-0.1, -0.05) is 6.42 Å². The molecule has 2 aromatic heterocycles. The van der Waals surface area contributed by atoms with Crippen LogP contribution in [0.1, 0.15) is 25.7 Å². The molecule has 0 bridgehead atoms. The molecule has 1 saturated carbocycles. The van der Waals surface area contributed by atoms with Gasteiger partial charge in [0.2, 0.25) is 0 Å². The summed E-state index contributed by atoms with van der Waals surface area (Å²) in [6, 6.07) is 10.6. The Morgan fingerprint density at radius 2 is 1.82 bits per heavy atom. The van der Waals surface area contributed by atoms with Crippen LogP contribution in [0, 0.1) is 0 Å². The van der Waals surface area contributed by atoms with E-state index in [-0.39, 0.29) is 5.75 Å². The summed E-state index contributed by atoms with van der Waals surface area (Å²) in [5.41, 5.74) is 2.10. The van der Waals surface area contributed by atoms with Crippen LogP contribution in [-0.2, 0) is 0 Å². The van der Waals surface area contributed by atoms with Crippen molar-refractivity contribution >= 4 is 5.82 Å².